The van der Waals surface area contributed by atoms with Gasteiger partial charge >= 0.3 is 5.97 Å². The van der Waals surface area contributed by atoms with Crippen LogP contribution in [0.2, 0.25) is 0 Å². The van der Waals surface area contributed by atoms with E-state index in [1.54, 1.807) is 17.4 Å². The molecule has 0 bridgehead atoms. The molecule has 0 aliphatic carbocycles. The van der Waals surface area contributed by atoms with E-state index >= 15 is 0 Å². The SMILES string of the molecule is Cc1cc(C(=O)OCC(=O)N2CCCC[C@H]2C(N)=O)c(C)n1Cc1cccs1. The Morgan fingerprint density at radius 3 is 2.75 bits per heavy atom. The maximum atomic E-state index is 12.5. The number of ether oxygens (including phenoxy) is 1. The summed E-state index contributed by atoms with van der Waals surface area (Å²) in [5, 5.41) is 2.02. The molecule has 0 saturated carbocycles. The Morgan fingerprint density at radius 1 is 1.29 bits per heavy atom. The van der Waals surface area contributed by atoms with Gasteiger partial charge in [-0.1, -0.05) is 6.07 Å². The minimum atomic E-state index is -0.615. The highest BCUT2D eigenvalue weighted by molar-refractivity contribution is 7.09. The number of carbonyl (C=O) groups excluding carboxylic acids is 3. The van der Waals surface area contributed by atoms with Crippen molar-refractivity contribution in [2.75, 3.05) is 13.2 Å². The van der Waals surface area contributed by atoms with Crippen molar-refractivity contribution in [1.29, 1.82) is 0 Å². The molecule has 1 aliphatic rings. The third-order valence-corrected chi connectivity index (χ3v) is 6.03. The third-order valence-electron chi connectivity index (χ3n) is 5.17. The van der Waals surface area contributed by atoms with Crippen LogP contribution in [-0.4, -0.2) is 46.4 Å². The average molecular weight is 404 g/mol. The fourth-order valence-electron chi connectivity index (χ4n) is 3.62. The highest BCUT2D eigenvalue weighted by atomic mass is 32.1. The van der Waals surface area contributed by atoms with Crippen molar-refractivity contribution in [1.82, 2.24) is 9.47 Å². The maximum Gasteiger partial charge on any atom is 0.340 e. The molecule has 0 aromatic carbocycles. The van der Waals surface area contributed by atoms with E-state index in [1.165, 1.54) is 9.78 Å². The highest BCUT2D eigenvalue weighted by Gasteiger charge is 2.31. The van der Waals surface area contributed by atoms with Crippen molar-refractivity contribution in [2.24, 2.45) is 5.73 Å². The van der Waals surface area contributed by atoms with Gasteiger partial charge in [0.05, 0.1) is 12.1 Å². The van der Waals surface area contributed by atoms with Crippen molar-refractivity contribution >= 4 is 29.1 Å². The van der Waals surface area contributed by atoms with Crippen molar-refractivity contribution in [3.8, 4) is 0 Å². The van der Waals surface area contributed by atoms with Gasteiger partial charge in [0, 0.05) is 22.8 Å². The van der Waals surface area contributed by atoms with E-state index in [0.29, 0.717) is 25.1 Å². The number of primary amides is 1. The quantitative estimate of drug-likeness (QED) is 0.749. The molecule has 0 radical (unpaired) electrons. The second-order valence-electron chi connectivity index (χ2n) is 7.03. The van der Waals surface area contributed by atoms with Gasteiger partial charge < -0.3 is 19.9 Å². The number of carbonyl (C=O) groups is 3. The van der Waals surface area contributed by atoms with Crippen LogP contribution in [0.25, 0.3) is 0 Å². The molecule has 3 heterocycles. The smallest absolute Gasteiger partial charge is 0.340 e. The van der Waals surface area contributed by atoms with E-state index in [2.05, 4.69) is 4.57 Å². The lowest BCUT2D eigenvalue weighted by Crippen LogP contribution is -2.51. The van der Waals surface area contributed by atoms with Crippen LogP contribution in [0.15, 0.2) is 23.6 Å². The summed E-state index contributed by atoms with van der Waals surface area (Å²) < 4.78 is 7.32. The van der Waals surface area contributed by atoms with Gasteiger partial charge in [0.2, 0.25) is 5.91 Å². The zero-order chi connectivity index (χ0) is 20.3. The Hall–Kier alpha value is -2.61. The highest BCUT2D eigenvalue weighted by Crippen LogP contribution is 2.21. The second-order valence-corrected chi connectivity index (χ2v) is 8.06. The molecule has 8 heteroatoms. The van der Waals surface area contributed by atoms with Gasteiger partial charge in [0.1, 0.15) is 6.04 Å². The fraction of sp³-hybridized carbons (Fsp3) is 0.450. The Labute approximate surface area is 168 Å². The lowest BCUT2D eigenvalue weighted by atomic mass is 10.0. The van der Waals surface area contributed by atoms with Crippen molar-refractivity contribution in [2.45, 2.75) is 45.7 Å². The molecule has 1 aliphatic heterocycles. The summed E-state index contributed by atoms with van der Waals surface area (Å²) in [4.78, 5) is 39.2. The molecule has 1 atom stereocenters. The zero-order valence-corrected chi connectivity index (χ0v) is 17.0. The monoisotopic (exact) mass is 403 g/mol. The first kappa shape index (κ1) is 20.1. The Balaban J connectivity index is 1.65. The van der Waals surface area contributed by atoms with Crippen LogP contribution in [-0.2, 0) is 20.9 Å². The molecule has 28 heavy (non-hydrogen) atoms. The van der Waals surface area contributed by atoms with Gasteiger partial charge in [-0.05, 0) is 50.6 Å². The number of hydrogen-bond donors (Lipinski definition) is 1. The fourth-order valence-corrected chi connectivity index (χ4v) is 4.32. The Morgan fingerprint density at radius 2 is 2.07 bits per heavy atom. The largest absolute Gasteiger partial charge is 0.452 e. The number of likely N-dealkylation sites (tertiary alicyclic amines) is 1. The molecule has 150 valence electrons. The van der Waals surface area contributed by atoms with Crippen LogP contribution in [0.3, 0.4) is 0 Å². The average Bonchev–Trinajstić information content (AvgIpc) is 3.29. The number of nitrogens with two attached hydrogens (primary N) is 1. The molecule has 2 amide bonds. The van der Waals surface area contributed by atoms with Crippen LogP contribution in [0, 0.1) is 13.8 Å². The van der Waals surface area contributed by atoms with Gasteiger partial charge in [0.15, 0.2) is 6.61 Å². The molecule has 2 aromatic rings. The number of hydrogen-bond acceptors (Lipinski definition) is 5. The van der Waals surface area contributed by atoms with Gasteiger partial charge in [-0.3, -0.25) is 9.59 Å². The number of thiophene rings is 1. The molecule has 2 aromatic heterocycles. The van der Waals surface area contributed by atoms with E-state index in [-0.39, 0.29) is 5.91 Å². The third kappa shape index (κ3) is 4.27. The molecule has 3 rings (SSSR count). The van der Waals surface area contributed by atoms with E-state index in [0.717, 1.165) is 24.2 Å². The van der Waals surface area contributed by atoms with E-state index in [1.807, 2.05) is 31.4 Å². The predicted molar refractivity (Wildman–Crippen MR) is 106 cm³/mol. The molecular formula is C20H25N3O4S. The van der Waals surface area contributed by atoms with Gasteiger partial charge in [-0.2, -0.15) is 0 Å². The Bertz CT molecular complexity index is 872. The van der Waals surface area contributed by atoms with Crippen LogP contribution in [0.4, 0.5) is 0 Å². The zero-order valence-electron chi connectivity index (χ0n) is 16.1. The van der Waals surface area contributed by atoms with Gasteiger partial charge in [-0.15, -0.1) is 11.3 Å². The van der Waals surface area contributed by atoms with Crippen LogP contribution >= 0.6 is 11.3 Å². The van der Waals surface area contributed by atoms with Gasteiger partial charge in [-0.25, -0.2) is 4.79 Å². The minimum absolute atomic E-state index is 0.385. The summed E-state index contributed by atoms with van der Waals surface area (Å²) in [6.07, 6.45) is 2.22. The summed E-state index contributed by atoms with van der Waals surface area (Å²) in [6.45, 7) is 4.56. The predicted octanol–water partition coefficient (Wildman–Crippen LogP) is 2.24. The van der Waals surface area contributed by atoms with Gasteiger partial charge in [0.25, 0.3) is 5.91 Å². The first-order chi connectivity index (χ1) is 13.4. The molecule has 7 nitrogen and oxygen atoms in total. The van der Waals surface area contributed by atoms with E-state index in [4.69, 9.17) is 10.5 Å². The van der Waals surface area contributed by atoms with Crippen LogP contribution < -0.4 is 5.73 Å². The van der Waals surface area contributed by atoms with Crippen LogP contribution in [0.5, 0.6) is 0 Å². The number of aryl methyl sites for hydroxylation is 1. The molecule has 0 unspecified atom stereocenters. The number of piperidine rings is 1. The first-order valence-corrected chi connectivity index (χ1v) is 10.2. The second kappa shape index (κ2) is 8.60. The number of rotatable bonds is 6. The maximum absolute atomic E-state index is 12.5. The topological polar surface area (TPSA) is 94.6 Å². The Kier molecular flexibility index (Phi) is 6.18. The number of aromatic nitrogens is 1. The normalized spacial score (nSPS) is 16.8. The molecule has 0 spiro atoms. The lowest BCUT2D eigenvalue weighted by Gasteiger charge is -2.33. The molecule has 2 N–H and O–H groups in total. The van der Waals surface area contributed by atoms with E-state index < -0.39 is 24.5 Å². The number of amides is 2. The van der Waals surface area contributed by atoms with Crippen LogP contribution in [0.1, 0.15) is 45.9 Å². The lowest BCUT2D eigenvalue weighted by molar-refractivity contribution is -0.143. The van der Waals surface area contributed by atoms with Crippen molar-refractivity contribution < 1.29 is 19.1 Å². The number of nitrogens with zero attached hydrogens (tertiary/aromatic N) is 2. The van der Waals surface area contributed by atoms with Crippen molar-refractivity contribution in [3.05, 3.63) is 45.4 Å². The summed E-state index contributed by atoms with van der Waals surface area (Å²) in [7, 11) is 0. The molecule has 1 saturated heterocycles. The minimum Gasteiger partial charge on any atom is -0.452 e. The summed E-state index contributed by atoms with van der Waals surface area (Å²) in [5.41, 5.74) is 7.60. The summed E-state index contributed by atoms with van der Waals surface area (Å²) in [5.74, 6) is -1.44. The standard InChI is InChI=1S/C20H25N3O4S/c1-13-10-16(14(2)23(13)11-15-6-5-9-28-15)20(26)27-12-18(24)22-8-4-3-7-17(22)19(21)25/h5-6,9-10,17H,3-4,7-8,11-12H2,1-2H3,(H2,21,25)/t17-/m0/s1. The summed E-state index contributed by atoms with van der Waals surface area (Å²) in [6, 6.07) is 5.21. The molecular weight excluding hydrogens is 378 g/mol. The van der Waals surface area contributed by atoms with Crippen molar-refractivity contribution in [3.63, 3.8) is 0 Å². The van der Waals surface area contributed by atoms with E-state index in [9.17, 15) is 14.4 Å². The number of esters is 1. The summed E-state index contributed by atoms with van der Waals surface area (Å²) >= 11 is 1.66. The molecule has 1 fully saturated rings. The first-order valence-electron chi connectivity index (χ1n) is 9.33.